The minimum absolute atomic E-state index is 0.0577. The van der Waals surface area contributed by atoms with Gasteiger partial charge in [-0.05, 0) is 27.6 Å². The maximum atomic E-state index is 8.92. The fourth-order valence-corrected chi connectivity index (χ4v) is 1.68. The molecule has 0 aromatic carbocycles. The Bertz CT molecular complexity index is 454. The largest absolute Gasteiger partial charge is 0.394 e. The highest BCUT2D eigenvalue weighted by Gasteiger charge is 2.06. The lowest BCUT2D eigenvalue weighted by Crippen LogP contribution is -2.14. The van der Waals surface area contributed by atoms with Crippen molar-refractivity contribution in [2.45, 2.75) is 6.04 Å². The molecular formula is C9H10BrN3O. The minimum atomic E-state index is -0.339. The van der Waals surface area contributed by atoms with Crippen LogP contribution in [0.1, 0.15) is 11.6 Å². The molecule has 0 radical (unpaired) electrons. The Morgan fingerprint density at radius 2 is 2.36 bits per heavy atom. The third-order valence-corrected chi connectivity index (χ3v) is 2.70. The van der Waals surface area contributed by atoms with E-state index in [0.29, 0.717) is 0 Å². The molecule has 3 N–H and O–H groups in total. The van der Waals surface area contributed by atoms with Crippen LogP contribution in [0.4, 0.5) is 0 Å². The zero-order chi connectivity index (χ0) is 10.1. The van der Waals surface area contributed by atoms with Gasteiger partial charge in [-0.2, -0.15) is 0 Å². The third-order valence-electron chi connectivity index (χ3n) is 2.11. The summed E-state index contributed by atoms with van der Waals surface area (Å²) in [6.45, 7) is -0.0577. The second kappa shape index (κ2) is 3.68. The Morgan fingerprint density at radius 1 is 1.57 bits per heavy atom. The molecule has 5 heteroatoms. The molecule has 0 fully saturated rings. The Kier molecular flexibility index (Phi) is 2.54. The first-order valence-electron chi connectivity index (χ1n) is 4.21. The molecule has 0 saturated carbocycles. The van der Waals surface area contributed by atoms with Crippen LogP contribution in [0.2, 0.25) is 0 Å². The van der Waals surface area contributed by atoms with Crippen molar-refractivity contribution in [1.29, 1.82) is 0 Å². The summed E-state index contributed by atoms with van der Waals surface area (Å²) in [6.07, 6.45) is 3.59. The summed E-state index contributed by atoms with van der Waals surface area (Å²) >= 11 is 3.37. The van der Waals surface area contributed by atoms with Crippen molar-refractivity contribution < 1.29 is 5.11 Å². The molecule has 1 unspecified atom stereocenters. The van der Waals surface area contributed by atoms with E-state index < -0.39 is 0 Å². The second-order valence-corrected chi connectivity index (χ2v) is 3.87. The average Bonchev–Trinajstić information content (AvgIpc) is 2.59. The number of aliphatic hydroxyl groups excluding tert-OH is 1. The molecule has 0 aliphatic heterocycles. The van der Waals surface area contributed by atoms with Crippen LogP contribution in [-0.4, -0.2) is 21.1 Å². The van der Waals surface area contributed by atoms with E-state index in [9.17, 15) is 0 Å². The van der Waals surface area contributed by atoms with Gasteiger partial charge in [-0.1, -0.05) is 6.07 Å². The molecule has 0 spiro atoms. The lowest BCUT2D eigenvalue weighted by atomic mass is 10.1. The molecule has 2 aromatic heterocycles. The molecule has 0 amide bonds. The van der Waals surface area contributed by atoms with Gasteiger partial charge in [-0.3, -0.25) is 4.40 Å². The third kappa shape index (κ3) is 1.54. The summed E-state index contributed by atoms with van der Waals surface area (Å²) in [7, 11) is 0. The molecule has 1 atom stereocenters. The molecule has 2 rings (SSSR count). The molecule has 14 heavy (non-hydrogen) atoms. The first kappa shape index (κ1) is 9.64. The van der Waals surface area contributed by atoms with E-state index in [-0.39, 0.29) is 12.6 Å². The first-order chi connectivity index (χ1) is 6.72. The van der Waals surface area contributed by atoms with Gasteiger partial charge in [0.15, 0.2) is 0 Å². The van der Waals surface area contributed by atoms with Gasteiger partial charge in [0.25, 0.3) is 0 Å². The minimum Gasteiger partial charge on any atom is -0.394 e. The lowest BCUT2D eigenvalue weighted by molar-refractivity contribution is 0.267. The molecule has 0 aliphatic rings. The van der Waals surface area contributed by atoms with Crippen LogP contribution in [0.3, 0.4) is 0 Å². The number of halogens is 1. The fraction of sp³-hybridized carbons (Fsp3) is 0.222. The molecule has 0 aliphatic carbocycles. The van der Waals surface area contributed by atoms with Crippen LogP contribution in [0.15, 0.2) is 29.1 Å². The Labute approximate surface area is 89.5 Å². The number of imidazole rings is 1. The van der Waals surface area contributed by atoms with E-state index in [0.717, 1.165) is 15.8 Å². The summed E-state index contributed by atoms with van der Waals surface area (Å²) in [5.41, 5.74) is 7.45. The van der Waals surface area contributed by atoms with Crippen molar-refractivity contribution in [2.24, 2.45) is 5.73 Å². The van der Waals surface area contributed by atoms with Gasteiger partial charge in [0.05, 0.1) is 18.8 Å². The van der Waals surface area contributed by atoms with Crippen LogP contribution in [0.5, 0.6) is 0 Å². The number of aromatic nitrogens is 2. The Hall–Kier alpha value is -0.910. The molecular weight excluding hydrogens is 246 g/mol. The zero-order valence-electron chi connectivity index (χ0n) is 7.39. The molecule has 0 saturated heterocycles. The maximum Gasteiger partial charge on any atom is 0.137 e. The standard InChI is InChI=1S/C9H10BrN3O/c10-8-3-12-9-2-1-6(4-13(8)9)7(11)5-14/h1-4,7,14H,5,11H2. The Morgan fingerprint density at radius 3 is 3.07 bits per heavy atom. The quantitative estimate of drug-likeness (QED) is 0.845. The van der Waals surface area contributed by atoms with Crippen molar-refractivity contribution in [1.82, 2.24) is 9.38 Å². The van der Waals surface area contributed by atoms with Crippen molar-refractivity contribution in [2.75, 3.05) is 6.61 Å². The predicted octanol–water partition coefficient (Wildman–Crippen LogP) is 1.09. The van der Waals surface area contributed by atoms with E-state index >= 15 is 0 Å². The number of hydrogen-bond donors (Lipinski definition) is 2. The smallest absolute Gasteiger partial charge is 0.137 e. The lowest BCUT2D eigenvalue weighted by Gasteiger charge is -2.08. The number of pyridine rings is 1. The Balaban J connectivity index is 2.54. The van der Waals surface area contributed by atoms with Crippen LogP contribution in [-0.2, 0) is 0 Å². The average molecular weight is 256 g/mol. The zero-order valence-corrected chi connectivity index (χ0v) is 8.98. The van der Waals surface area contributed by atoms with Gasteiger partial charge in [0.1, 0.15) is 10.3 Å². The first-order valence-corrected chi connectivity index (χ1v) is 5.00. The van der Waals surface area contributed by atoms with E-state index in [1.807, 2.05) is 22.7 Å². The SMILES string of the molecule is NC(CO)c1ccc2ncc(Br)n2c1. The van der Waals surface area contributed by atoms with Gasteiger partial charge in [0.2, 0.25) is 0 Å². The summed E-state index contributed by atoms with van der Waals surface area (Å²) in [5.74, 6) is 0. The molecule has 4 nitrogen and oxygen atoms in total. The van der Waals surface area contributed by atoms with Crippen LogP contribution in [0.25, 0.3) is 5.65 Å². The van der Waals surface area contributed by atoms with Gasteiger partial charge in [0, 0.05) is 6.20 Å². The maximum absolute atomic E-state index is 8.92. The summed E-state index contributed by atoms with van der Waals surface area (Å²) < 4.78 is 2.75. The number of fused-ring (bicyclic) bond motifs is 1. The van der Waals surface area contributed by atoms with Crippen molar-refractivity contribution in [3.8, 4) is 0 Å². The van der Waals surface area contributed by atoms with E-state index in [1.165, 1.54) is 0 Å². The van der Waals surface area contributed by atoms with Crippen molar-refractivity contribution in [3.05, 3.63) is 34.7 Å². The molecule has 2 heterocycles. The summed E-state index contributed by atoms with van der Waals surface area (Å²) in [5, 5.41) is 8.92. The fourth-order valence-electron chi connectivity index (χ4n) is 1.29. The summed E-state index contributed by atoms with van der Waals surface area (Å²) in [4.78, 5) is 4.16. The van der Waals surface area contributed by atoms with E-state index in [2.05, 4.69) is 20.9 Å². The van der Waals surface area contributed by atoms with Crippen LogP contribution >= 0.6 is 15.9 Å². The molecule has 2 aromatic rings. The molecule has 0 bridgehead atoms. The van der Waals surface area contributed by atoms with Crippen molar-refractivity contribution in [3.63, 3.8) is 0 Å². The molecule has 74 valence electrons. The van der Waals surface area contributed by atoms with Gasteiger partial charge >= 0.3 is 0 Å². The normalized spacial score (nSPS) is 13.4. The number of aliphatic hydroxyl groups is 1. The van der Waals surface area contributed by atoms with Gasteiger partial charge < -0.3 is 10.8 Å². The van der Waals surface area contributed by atoms with E-state index in [4.69, 9.17) is 10.8 Å². The highest BCUT2D eigenvalue weighted by Crippen LogP contribution is 2.16. The summed E-state index contributed by atoms with van der Waals surface area (Å²) in [6, 6.07) is 3.40. The predicted molar refractivity (Wildman–Crippen MR) is 56.9 cm³/mol. The topological polar surface area (TPSA) is 63.5 Å². The number of nitrogens with two attached hydrogens (primary N) is 1. The van der Waals surface area contributed by atoms with Crippen molar-refractivity contribution >= 4 is 21.6 Å². The number of rotatable bonds is 2. The monoisotopic (exact) mass is 255 g/mol. The van der Waals surface area contributed by atoms with Crippen LogP contribution < -0.4 is 5.73 Å². The highest BCUT2D eigenvalue weighted by atomic mass is 79.9. The van der Waals surface area contributed by atoms with E-state index in [1.54, 1.807) is 6.20 Å². The van der Waals surface area contributed by atoms with Gasteiger partial charge in [-0.25, -0.2) is 4.98 Å². The van der Waals surface area contributed by atoms with Crippen LogP contribution in [0, 0.1) is 0 Å². The second-order valence-electron chi connectivity index (χ2n) is 3.06. The number of nitrogens with zero attached hydrogens (tertiary/aromatic N) is 2. The highest BCUT2D eigenvalue weighted by molar-refractivity contribution is 9.10. The van der Waals surface area contributed by atoms with Gasteiger partial charge in [-0.15, -0.1) is 0 Å². The number of hydrogen-bond acceptors (Lipinski definition) is 3.